The Morgan fingerprint density at radius 3 is 2.43 bits per heavy atom. The largest absolute Gasteiger partial charge is 0.396 e. The molecule has 80 valence electrons. The zero-order valence-corrected chi connectivity index (χ0v) is 10.2. The van der Waals surface area contributed by atoms with E-state index in [1.807, 2.05) is 6.92 Å². The Kier molecular flexibility index (Phi) is 3.67. The Morgan fingerprint density at radius 1 is 1.43 bits per heavy atom. The van der Waals surface area contributed by atoms with Crippen LogP contribution in [0.25, 0.3) is 0 Å². The minimum Gasteiger partial charge on any atom is -0.396 e. The molecule has 1 aromatic heterocycles. The summed E-state index contributed by atoms with van der Waals surface area (Å²) in [4.78, 5) is 5.79. The molecule has 0 fully saturated rings. The van der Waals surface area contributed by atoms with Crippen LogP contribution in [0.2, 0.25) is 0 Å². The van der Waals surface area contributed by atoms with Crippen molar-refractivity contribution in [2.45, 2.75) is 40.5 Å². The van der Waals surface area contributed by atoms with Gasteiger partial charge in [-0.3, -0.25) is 0 Å². The minimum absolute atomic E-state index is 0.00324. The van der Waals surface area contributed by atoms with E-state index in [2.05, 4.69) is 25.8 Å². The van der Waals surface area contributed by atoms with Gasteiger partial charge in [-0.1, -0.05) is 13.8 Å². The van der Waals surface area contributed by atoms with E-state index in [-0.39, 0.29) is 12.0 Å². The standard InChI is InChI=1S/C11H19NOS/c1-5-11(4,7-13)6-10-12-8(2)9(3)14-10/h13H,5-7H2,1-4H3. The highest BCUT2D eigenvalue weighted by Gasteiger charge is 2.23. The molecule has 0 spiro atoms. The highest BCUT2D eigenvalue weighted by atomic mass is 32.1. The lowest BCUT2D eigenvalue weighted by atomic mass is 9.85. The average Bonchev–Trinajstić information content (AvgIpc) is 2.45. The summed E-state index contributed by atoms with van der Waals surface area (Å²) in [6.07, 6.45) is 1.88. The van der Waals surface area contributed by atoms with Crippen molar-refractivity contribution < 1.29 is 5.11 Å². The Bertz CT molecular complexity index is 283. The van der Waals surface area contributed by atoms with E-state index in [9.17, 15) is 5.11 Å². The van der Waals surface area contributed by atoms with Crippen LogP contribution in [0.15, 0.2) is 0 Å². The van der Waals surface area contributed by atoms with E-state index in [1.165, 1.54) is 4.88 Å². The van der Waals surface area contributed by atoms with Gasteiger partial charge >= 0.3 is 0 Å². The van der Waals surface area contributed by atoms with Crippen LogP contribution in [0.1, 0.15) is 35.8 Å². The molecule has 1 rings (SSSR count). The molecule has 14 heavy (non-hydrogen) atoms. The number of hydrogen-bond acceptors (Lipinski definition) is 3. The maximum atomic E-state index is 9.30. The molecule has 0 bridgehead atoms. The number of rotatable bonds is 4. The topological polar surface area (TPSA) is 33.1 Å². The summed E-state index contributed by atoms with van der Waals surface area (Å²) in [6.45, 7) is 8.60. The van der Waals surface area contributed by atoms with E-state index < -0.39 is 0 Å². The predicted molar refractivity (Wildman–Crippen MR) is 60.8 cm³/mol. The molecule has 3 heteroatoms. The molecule has 2 nitrogen and oxygen atoms in total. The van der Waals surface area contributed by atoms with Gasteiger partial charge in [0.05, 0.1) is 10.7 Å². The summed E-state index contributed by atoms with van der Waals surface area (Å²) in [5.41, 5.74) is 1.12. The van der Waals surface area contributed by atoms with Crippen molar-refractivity contribution in [2.24, 2.45) is 5.41 Å². The number of aliphatic hydroxyl groups is 1. The molecule has 1 heterocycles. The van der Waals surface area contributed by atoms with Crippen molar-refractivity contribution in [3.63, 3.8) is 0 Å². The molecular formula is C11H19NOS. The molecule has 0 amide bonds. The number of hydrogen-bond donors (Lipinski definition) is 1. The lowest BCUT2D eigenvalue weighted by Gasteiger charge is -2.23. The fourth-order valence-electron chi connectivity index (χ4n) is 1.27. The molecule has 0 aliphatic heterocycles. The molecule has 1 N–H and O–H groups in total. The first-order chi connectivity index (χ1) is 6.50. The van der Waals surface area contributed by atoms with Crippen LogP contribution in [0.5, 0.6) is 0 Å². The molecule has 0 aromatic carbocycles. The third-order valence-corrected chi connectivity index (χ3v) is 3.96. The molecule has 0 aliphatic carbocycles. The molecule has 0 radical (unpaired) electrons. The maximum Gasteiger partial charge on any atom is 0.0937 e. The second-order valence-corrected chi connectivity index (χ2v) is 5.54. The molecule has 0 saturated carbocycles. The number of aryl methyl sites for hydroxylation is 2. The van der Waals surface area contributed by atoms with Crippen LogP contribution in [0, 0.1) is 19.3 Å². The zero-order valence-electron chi connectivity index (χ0n) is 9.42. The first kappa shape index (κ1) is 11.7. The minimum atomic E-state index is -0.00324. The monoisotopic (exact) mass is 213 g/mol. The van der Waals surface area contributed by atoms with Crippen molar-refractivity contribution in [3.8, 4) is 0 Å². The summed E-state index contributed by atoms with van der Waals surface area (Å²) >= 11 is 1.75. The summed E-state index contributed by atoms with van der Waals surface area (Å²) < 4.78 is 0. The van der Waals surface area contributed by atoms with E-state index in [4.69, 9.17) is 0 Å². The maximum absolute atomic E-state index is 9.30. The van der Waals surface area contributed by atoms with Gasteiger partial charge in [0.1, 0.15) is 0 Å². The fourth-order valence-corrected chi connectivity index (χ4v) is 2.42. The van der Waals surface area contributed by atoms with Crippen molar-refractivity contribution in [3.05, 3.63) is 15.6 Å². The SMILES string of the molecule is CCC(C)(CO)Cc1nc(C)c(C)s1. The Hall–Kier alpha value is -0.410. The molecular weight excluding hydrogens is 194 g/mol. The molecule has 1 aromatic rings. The number of thiazole rings is 1. The Morgan fingerprint density at radius 2 is 2.07 bits per heavy atom. The highest BCUT2D eigenvalue weighted by Crippen LogP contribution is 2.28. The first-order valence-electron chi connectivity index (χ1n) is 5.04. The van der Waals surface area contributed by atoms with Gasteiger partial charge in [-0.15, -0.1) is 11.3 Å². The second-order valence-electron chi connectivity index (χ2n) is 4.25. The van der Waals surface area contributed by atoms with Crippen LogP contribution in [0.3, 0.4) is 0 Å². The predicted octanol–water partition coefficient (Wildman–Crippen LogP) is 2.71. The third kappa shape index (κ3) is 2.55. The van der Waals surface area contributed by atoms with Gasteiger partial charge in [0.15, 0.2) is 0 Å². The third-order valence-electron chi connectivity index (χ3n) is 2.89. The van der Waals surface area contributed by atoms with Gasteiger partial charge in [-0.25, -0.2) is 4.98 Å². The number of aliphatic hydroxyl groups excluding tert-OH is 1. The summed E-state index contributed by atoms with van der Waals surface area (Å²) in [7, 11) is 0. The van der Waals surface area contributed by atoms with E-state index in [0.29, 0.717) is 0 Å². The highest BCUT2D eigenvalue weighted by molar-refractivity contribution is 7.11. The average molecular weight is 213 g/mol. The van der Waals surface area contributed by atoms with Crippen LogP contribution in [-0.2, 0) is 6.42 Å². The fraction of sp³-hybridized carbons (Fsp3) is 0.727. The van der Waals surface area contributed by atoms with Crippen molar-refractivity contribution in [1.29, 1.82) is 0 Å². The molecule has 1 atom stereocenters. The first-order valence-corrected chi connectivity index (χ1v) is 5.86. The summed E-state index contributed by atoms with van der Waals surface area (Å²) in [5, 5.41) is 10.5. The van der Waals surface area contributed by atoms with Crippen LogP contribution in [-0.4, -0.2) is 16.7 Å². The Labute approximate surface area is 90.0 Å². The smallest absolute Gasteiger partial charge is 0.0937 e. The van der Waals surface area contributed by atoms with Crippen molar-refractivity contribution in [2.75, 3.05) is 6.61 Å². The lowest BCUT2D eigenvalue weighted by molar-refractivity contribution is 0.137. The normalized spacial score (nSPS) is 15.5. The van der Waals surface area contributed by atoms with E-state index in [0.717, 1.165) is 23.5 Å². The zero-order chi connectivity index (χ0) is 10.8. The second kappa shape index (κ2) is 4.41. The van der Waals surface area contributed by atoms with Gasteiger partial charge < -0.3 is 5.11 Å². The van der Waals surface area contributed by atoms with Crippen LogP contribution < -0.4 is 0 Å². The molecule has 0 saturated heterocycles. The lowest BCUT2D eigenvalue weighted by Crippen LogP contribution is -2.23. The quantitative estimate of drug-likeness (QED) is 0.834. The van der Waals surface area contributed by atoms with Crippen molar-refractivity contribution in [1.82, 2.24) is 4.98 Å². The van der Waals surface area contributed by atoms with E-state index >= 15 is 0 Å². The van der Waals surface area contributed by atoms with Gasteiger partial charge in [0, 0.05) is 17.9 Å². The van der Waals surface area contributed by atoms with E-state index in [1.54, 1.807) is 11.3 Å². The number of aromatic nitrogens is 1. The van der Waals surface area contributed by atoms with Crippen LogP contribution >= 0.6 is 11.3 Å². The van der Waals surface area contributed by atoms with Crippen molar-refractivity contribution >= 4 is 11.3 Å². The summed E-state index contributed by atoms with van der Waals surface area (Å²) in [6, 6.07) is 0. The van der Waals surface area contributed by atoms with Gasteiger partial charge in [-0.2, -0.15) is 0 Å². The molecule has 1 unspecified atom stereocenters. The van der Waals surface area contributed by atoms with Gasteiger partial charge in [-0.05, 0) is 25.7 Å². The number of nitrogens with zero attached hydrogens (tertiary/aromatic N) is 1. The van der Waals surface area contributed by atoms with Crippen LogP contribution in [0.4, 0.5) is 0 Å². The van der Waals surface area contributed by atoms with Gasteiger partial charge in [0.2, 0.25) is 0 Å². The summed E-state index contributed by atoms with van der Waals surface area (Å²) in [5.74, 6) is 0. The van der Waals surface area contributed by atoms with Gasteiger partial charge in [0.25, 0.3) is 0 Å². The Balaban J connectivity index is 2.77. The molecule has 0 aliphatic rings.